The third-order valence-corrected chi connectivity index (χ3v) is 5.61. The summed E-state index contributed by atoms with van der Waals surface area (Å²) < 4.78 is 48.8. The zero-order chi connectivity index (χ0) is 22.5. The van der Waals surface area contributed by atoms with E-state index in [4.69, 9.17) is 4.74 Å². The number of ether oxygens (including phenoxy) is 1. The quantitative estimate of drug-likeness (QED) is 0.479. The van der Waals surface area contributed by atoms with E-state index < -0.39 is 12.2 Å². The number of likely N-dealkylation sites (tertiary alicyclic amines) is 1. The van der Waals surface area contributed by atoms with E-state index in [-0.39, 0.29) is 30.9 Å². The molecule has 1 saturated heterocycles. The second-order valence-electron chi connectivity index (χ2n) is 7.65. The Morgan fingerprint density at radius 2 is 1.94 bits per heavy atom. The Hall–Kier alpha value is -3.53. The lowest BCUT2D eigenvalue weighted by molar-refractivity contribution is -0.183. The lowest BCUT2D eigenvalue weighted by atomic mass is 10.1. The highest BCUT2D eigenvalue weighted by Crippen LogP contribution is 2.39. The average molecular weight is 441 g/mol. The van der Waals surface area contributed by atoms with Crippen LogP contribution in [-0.2, 0) is 4.79 Å². The molecule has 4 heterocycles. The van der Waals surface area contributed by atoms with Crippen LogP contribution in [0, 0.1) is 0 Å². The largest absolute Gasteiger partial charge is 0.494 e. The van der Waals surface area contributed by atoms with Crippen LogP contribution in [0.3, 0.4) is 0 Å². The molecule has 0 amide bonds. The molecule has 0 aliphatic carbocycles. The molecule has 1 aromatic carbocycles. The number of carbonyl (C=O) groups is 1. The Labute approximate surface area is 180 Å². The van der Waals surface area contributed by atoms with E-state index >= 15 is 0 Å². The van der Waals surface area contributed by atoms with Gasteiger partial charge in [-0.2, -0.15) is 13.2 Å². The van der Waals surface area contributed by atoms with Gasteiger partial charge in [0.25, 0.3) is 0 Å². The lowest BCUT2D eigenvalue weighted by Gasteiger charge is -2.29. The number of nitrogens with zero attached hydrogens (tertiary/aromatic N) is 5. The number of carbonyl (C=O) groups excluding carboxylic acids is 1. The van der Waals surface area contributed by atoms with E-state index in [2.05, 4.69) is 15.2 Å². The highest BCUT2D eigenvalue weighted by atomic mass is 19.4. The average Bonchev–Trinajstić information content (AvgIpc) is 3.38. The number of methoxy groups -OCH3 is 1. The lowest BCUT2D eigenvalue weighted by Crippen LogP contribution is -2.37. The Balaban J connectivity index is 1.63. The molecule has 1 aliphatic rings. The molecule has 164 valence electrons. The van der Waals surface area contributed by atoms with E-state index in [0.29, 0.717) is 28.4 Å². The zero-order valence-electron chi connectivity index (χ0n) is 17.0. The van der Waals surface area contributed by atoms with Crippen LogP contribution >= 0.6 is 0 Å². The first-order valence-electron chi connectivity index (χ1n) is 9.96. The van der Waals surface area contributed by atoms with Crippen molar-refractivity contribution in [2.24, 2.45) is 0 Å². The molecule has 4 aromatic rings. The number of ketones is 1. The van der Waals surface area contributed by atoms with Crippen molar-refractivity contribution in [1.82, 2.24) is 24.5 Å². The summed E-state index contributed by atoms with van der Waals surface area (Å²) in [5.41, 5.74) is 1.47. The fourth-order valence-corrected chi connectivity index (χ4v) is 4.13. The molecule has 32 heavy (non-hydrogen) atoms. The van der Waals surface area contributed by atoms with Crippen LogP contribution in [0.25, 0.3) is 28.1 Å². The summed E-state index contributed by atoms with van der Waals surface area (Å²) in [6.07, 6.45) is -3.05. The third-order valence-electron chi connectivity index (χ3n) is 5.61. The van der Waals surface area contributed by atoms with Crippen LogP contribution in [0.2, 0.25) is 0 Å². The van der Waals surface area contributed by atoms with Gasteiger partial charge in [-0.25, -0.2) is 4.98 Å². The standard InChI is InChI=1S/C22H18F3N5O2/c1-32-17-4-2-3-13-5-7-16(26-19(13)17)21-28-27-18-8-6-14(11-30(18)21)20(22(23,24)25)29-10-9-15(31)12-29/h2-8,11,20H,9-10,12H2,1H3. The molecule has 1 fully saturated rings. The van der Waals surface area contributed by atoms with Gasteiger partial charge in [0.05, 0.1) is 13.7 Å². The number of rotatable bonds is 4. The van der Waals surface area contributed by atoms with Gasteiger partial charge in [0.15, 0.2) is 11.5 Å². The number of alkyl halides is 3. The van der Waals surface area contributed by atoms with Gasteiger partial charge in [-0.3, -0.25) is 14.1 Å². The molecule has 0 bridgehead atoms. The summed E-state index contributed by atoms with van der Waals surface area (Å²) >= 11 is 0. The number of halogens is 3. The Morgan fingerprint density at radius 1 is 1.09 bits per heavy atom. The number of hydrogen-bond donors (Lipinski definition) is 0. The maximum Gasteiger partial charge on any atom is 0.408 e. The fraction of sp³-hybridized carbons (Fsp3) is 0.273. The minimum atomic E-state index is -4.54. The van der Waals surface area contributed by atoms with Gasteiger partial charge in [0.2, 0.25) is 0 Å². The number of aromatic nitrogens is 4. The van der Waals surface area contributed by atoms with Gasteiger partial charge < -0.3 is 4.74 Å². The maximum absolute atomic E-state index is 14.0. The SMILES string of the molecule is COc1cccc2ccc(-c3nnc4ccc(C(N5CCC(=O)C5)C(F)(F)F)cn34)nc12. The van der Waals surface area contributed by atoms with E-state index in [1.54, 1.807) is 19.2 Å². The first-order valence-corrected chi connectivity index (χ1v) is 9.96. The summed E-state index contributed by atoms with van der Waals surface area (Å²) in [4.78, 5) is 17.4. The van der Waals surface area contributed by atoms with Gasteiger partial charge in [-0.15, -0.1) is 10.2 Å². The van der Waals surface area contributed by atoms with Crippen LogP contribution in [0.5, 0.6) is 5.75 Å². The number of benzene rings is 1. The number of fused-ring (bicyclic) bond motifs is 2. The molecular weight excluding hydrogens is 423 g/mol. The molecule has 0 radical (unpaired) electrons. The van der Waals surface area contributed by atoms with Crippen molar-refractivity contribution in [2.45, 2.75) is 18.6 Å². The zero-order valence-corrected chi connectivity index (χ0v) is 17.0. The van der Waals surface area contributed by atoms with E-state index in [1.807, 2.05) is 18.2 Å². The van der Waals surface area contributed by atoms with E-state index in [1.165, 1.54) is 22.7 Å². The van der Waals surface area contributed by atoms with Crippen LogP contribution in [0.15, 0.2) is 48.7 Å². The molecule has 0 spiro atoms. The summed E-state index contributed by atoms with van der Waals surface area (Å²) in [6.45, 7) is -0.147. The molecule has 7 nitrogen and oxygen atoms in total. The first-order chi connectivity index (χ1) is 15.3. The second-order valence-corrected chi connectivity index (χ2v) is 7.65. The normalized spacial score (nSPS) is 16.2. The van der Waals surface area contributed by atoms with Crippen molar-refractivity contribution >= 4 is 22.3 Å². The predicted octanol–water partition coefficient (Wildman–Crippen LogP) is 3.83. The van der Waals surface area contributed by atoms with Gasteiger partial charge in [-0.1, -0.05) is 24.3 Å². The second kappa shape index (κ2) is 7.56. The van der Waals surface area contributed by atoms with Gasteiger partial charge in [-0.05, 0) is 23.8 Å². The molecule has 1 atom stereocenters. The first kappa shape index (κ1) is 20.4. The molecule has 5 rings (SSSR count). The molecule has 1 unspecified atom stereocenters. The highest BCUT2D eigenvalue weighted by molar-refractivity contribution is 5.86. The van der Waals surface area contributed by atoms with Crippen LogP contribution in [0.1, 0.15) is 18.0 Å². The van der Waals surface area contributed by atoms with Crippen molar-refractivity contribution in [3.05, 3.63) is 54.2 Å². The number of para-hydroxylation sites is 1. The Bertz CT molecular complexity index is 1330. The van der Waals surface area contributed by atoms with Gasteiger partial charge in [0, 0.05) is 24.5 Å². The smallest absolute Gasteiger partial charge is 0.408 e. The minimum absolute atomic E-state index is 0.0131. The molecule has 0 N–H and O–H groups in total. The third kappa shape index (κ3) is 3.46. The molecule has 3 aromatic heterocycles. The summed E-state index contributed by atoms with van der Waals surface area (Å²) in [5.74, 6) is 0.697. The van der Waals surface area contributed by atoms with Crippen LogP contribution < -0.4 is 4.74 Å². The Morgan fingerprint density at radius 3 is 2.66 bits per heavy atom. The van der Waals surface area contributed by atoms with Gasteiger partial charge >= 0.3 is 6.18 Å². The van der Waals surface area contributed by atoms with Gasteiger partial charge in [0.1, 0.15) is 28.8 Å². The highest BCUT2D eigenvalue weighted by Gasteiger charge is 2.46. The van der Waals surface area contributed by atoms with Crippen LogP contribution in [0.4, 0.5) is 13.2 Å². The predicted molar refractivity (Wildman–Crippen MR) is 110 cm³/mol. The summed E-state index contributed by atoms with van der Waals surface area (Å²) in [6, 6.07) is 10.1. The number of hydrogen-bond acceptors (Lipinski definition) is 6. The molecular formula is C22H18F3N5O2. The summed E-state index contributed by atoms with van der Waals surface area (Å²) in [5, 5.41) is 9.10. The molecule has 10 heteroatoms. The molecule has 0 saturated carbocycles. The van der Waals surface area contributed by atoms with Crippen molar-refractivity contribution in [3.8, 4) is 17.3 Å². The monoisotopic (exact) mass is 441 g/mol. The Kier molecular flexibility index (Phi) is 4.81. The van der Waals surface area contributed by atoms with E-state index in [0.717, 1.165) is 10.3 Å². The summed E-state index contributed by atoms with van der Waals surface area (Å²) in [7, 11) is 1.54. The van der Waals surface area contributed by atoms with E-state index in [9.17, 15) is 18.0 Å². The van der Waals surface area contributed by atoms with Crippen molar-refractivity contribution in [3.63, 3.8) is 0 Å². The van der Waals surface area contributed by atoms with Crippen molar-refractivity contribution < 1.29 is 22.7 Å². The maximum atomic E-state index is 14.0. The topological polar surface area (TPSA) is 72.6 Å². The number of pyridine rings is 2. The fourth-order valence-electron chi connectivity index (χ4n) is 4.13. The minimum Gasteiger partial charge on any atom is -0.494 e. The van der Waals surface area contributed by atoms with Crippen molar-refractivity contribution in [1.29, 1.82) is 0 Å². The number of Topliss-reactive ketones (excluding diaryl/α,β-unsaturated/α-hetero) is 1. The molecule has 1 aliphatic heterocycles. The van der Waals surface area contributed by atoms with Crippen molar-refractivity contribution in [2.75, 3.05) is 20.2 Å². The van der Waals surface area contributed by atoms with Crippen LogP contribution in [-0.4, -0.2) is 56.6 Å².